The van der Waals surface area contributed by atoms with Crippen molar-refractivity contribution in [2.45, 2.75) is 26.4 Å². The summed E-state index contributed by atoms with van der Waals surface area (Å²) in [7, 11) is 1.86. The maximum atomic E-state index is 5.92. The quantitative estimate of drug-likeness (QED) is 0.363. The van der Waals surface area contributed by atoms with Gasteiger partial charge in [-0.2, -0.15) is 0 Å². The van der Waals surface area contributed by atoms with Gasteiger partial charge in [0.25, 0.3) is 0 Å². The predicted molar refractivity (Wildman–Crippen MR) is 125 cm³/mol. The van der Waals surface area contributed by atoms with Crippen LogP contribution in [0.4, 0.5) is 0 Å². The Bertz CT molecular complexity index is 738. The van der Waals surface area contributed by atoms with E-state index in [0.29, 0.717) is 12.5 Å². The van der Waals surface area contributed by atoms with E-state index in [0.717, 1.165) is 45.0 Å². The van der Waals surface area contributed by atoms with Gasteiger partial charge in [-0.25, -0.2) is 0 Å². The molecule has 0 saturated carbocycles. The number of benzene rings is 1. The lowest BCUT2D eigenvalue weighted by atomic mass is 10.1. The zero-order valence-corrected chi connectivity index (χ0v) is 19.1. The van der Waals surface area contributed by atoms with Crippen molar-refractivity contribution >= 4 is 29.9 Å². The van der Waals surface area contributed by atoms with Crippen molar-refractivity contribution in [3.63, 3.8) is 0 Å². The summed E-state index contributed by atoms with van der Waals surface area (Å²) < 4.78 is 5.92. The molecule has 2 heterocycles. The van der Waals surface area contributed by atoms with Crippen LogP contribution in [0.5, 0.6) is 0 Å². The minimum Gasteiger partial charge on any atom is -0.376 e. The van der Waals surface area contributed by atoms with Crippen LogP contribution in [0.2, 0.25) is 0 Å². The molecule has 152 valence electrons. The number of pyridine rings is 1. The molecule has 1 atom stereocenters. The lowest BCUT2D eigenvalue weighted by molar-refractivity contribution is 0.0907. The van der Waals surface area contributed by atoms with Crippen molar-refractivity contribution in [1.82, 2.24) is 15.2 Å². The number of rotatable bonds is 7. The first-order chi connectivity index (χ1) is 13.3. The van der Waals surface area contributed by atoms with Crippen LogP contribution in [0.1, 0.15) is 23.1 Å². The third-order valence-corrected chi connectivity index (χ3v) is 5.08. The van der Waals surface area contributed by atoms with Gasteiger partial charge >= 0.3 is 0 Å². The minimum atomic E-state index is 0. The van der Waals surface area contributed by atoms with Crippen LogP contribution in [0, 0.1) is 12.8 Å². The van der Waals surface area contributed by atoms with Crippen molar-refractivity contribution in [3.8, 4) is 0 Å². The highest BCUT2D eigenvalue weighted by atomic mass is 127. The molecule has 1 unspecified atom stereocenters. The van der Waals surface area contributed by atoms with E-state index < -0.39 is 0 Å². The molecule has 3 rings (SSSR count). The van der Waals surface area contributed by atoms with Crippen LogP contribution in [0.15, 0.2) is 53.8 Å². The van der Waals surface area contributed by atoms with Gasteiger partial charge in [-0.1, -0.05) is 30.3 Å². The summed E-state index contributed by atoms with van der Waals surface area (Å²) in [6, 6.07) is 12.5. The number of hydrogen-bond donors (Lipinski definition) is 1. The Morgan fingerprint density at radius 1 is 1.29 bits per heavy atom. The second-order valence-corrected chi connectivity index (χ2v) is 7.13. The van der Waals surface area contributed by atoms with E-state index in [2.05, 4.69) is 57.4 Å². The van der Waals surface area contributed by atoms with Crippen LogP contribution in [-0.4, -0.2) is 49.1 Å². The van der Waals surface area contributed by atoms with Gasteiger partial charge in [0.05, 0.1) is 13.2 Å². The van der Waals surface area contributed by atoms with E-state index in [-0.39, 0.29) is 24.0 Å². The second kappa shape index (κ2) is 12.0. The SMILES string of the molecule is CN=C(NCCc1ccncc1C)N1CCC(COCc2ccccc2)C1.I. The number of nitrogens with one attached hydrogen (secondary N) is 1. The molecule has 1 aromatic heterocycles. The van der Waals surface area contributed by atoms with Gasteiger partial charge in [-0.3, -0.25) is 9.98 Å². The number of aryl methyl sites for hydroxylation is 1. The van der Waals surface area contributed by atoms with E-state index in [1.54, 1.807) is 0 Å². The van der Waals surface area contributed by atoms with Gasteiger partial charge in [0.2, 0.25) is 0 Å². The summed E-state index contributed by atoms with van der Waals surface area (Å²) in [4.78, 5) is 11.0. The fourth-order valence-electron chi connectivity index (χ4n) is 3.50. The standard InChI is InChI=1S/C22H30N4O.HI/c1-18-14-24-11-8-21(18)9-12-25-22(23-2)26-13-10-20(15-26)17-27-16-19-6-4-3-5-7-19;/h3-8,11,14,20H,9-10,12-13,15-17H2,1-2H3,(H,23,25);1H. The summed E-state index contributed by atoms with van der Waals surface area (Å²) in [6.07, 6.45) is 5.91. The first-order valence-corrected chi connectivity index (χ1v) is 9.73. The average Bonchev–Trinajstić information content (AvgIpc) is 3.16. The molecule has 2 aromatic rings. The number of hydrogen-bond acceptors (Lipinski definition) is 3. The summed E-state index contributed by atoms with van der Waals surface area (Å²) in [5.74, 6) is 1.56. The topological polar surface area (TPSA) is 49.8 Å². The monoisotopic (exact) mass is 494 g/mol. The van der Waals surface area contributed by atoms with Crippen molar-refractivity contribution < 1.29 is 4.74 Å². The molecule has 5 nitrogen and oxygen atoms in total. The molecule has 1 N–H and O–H groups in total. The van der Waals surface area contributed by atoms with Crippen LogP contribution in [0.3, 0.4) is 0 Å². The number of nitrogens with zero attached hydrogens (tertiary/aromatic N) is 3. The van der Waals surface area contributed by atoms with Crippen molar-refractivity contribution in [2.75, 3.05) is 33.3 Å². The Balaban J connectivity index is 0.00000280. The number of ether oxygens (including phenoxy) is 1. The Kier molecular flexibility index (Phi) is 9.70. The van der Waals surface area contributed by atoms with E-state index in [1.165, 1.54) is 16.7 Å². The fourth-order valence-corrected chi connectivity index (χ4v) is 3.50. The third-order valence-electron chi connectivity index (χ3n) is 5.08. The Hall–Kier alpha value is -1.67. The molecule has 0 radical (unpaired) electrons. The first-order valence-electron chi connectivity index (χ1n) is 9.73. The zero-order chi connectivity index (χ0) is 18.9. The van der Waals surface area contributed by atoms with Gasteiger partial charge < -0.3 is 15.0 Å². The molecule has 28 heavy (non-hydrogen) atoms. The summed E-state index contributed by atoms with van der Waals surface area (Å²) in [5.41, 5.74) is 3.81. The third kappa shape index (κ3) is 6.74. The van der Waals surface area contributed by atoms with E-state index in [4.69, 9.17) is 4.74 Å². The van der Waals surface area contributed by atoms with Crippen LogP contribution in [0.25, 0.3) is 0 Å². The molecule has 0 aliphatic carbocycles. The Labute approximate surface area is 185 Å². The predicted octanol–water partition coefficient (Wildman–Crippen LogP) is 3.66. The molecule has 0 spiro atoms. The highest BCUT2D eigenvalue weighted by molar-refractivity contribution is 14.0. The molecular weight excluding hydrogens is 463 g/mol. The van der Waals surface area contributed by atoms with E-state index in [9.17, 15) is 0 Å². The minimum absolute atomic E-state index is 0. The van der Waals surface area contributed by atoms with Gasteiger partial charge in [0.15, 0.2) is 5.96 Å². The molecule has 1 aromatic carbocycles. The average molecular weight is 494 g/mol. The van der Waals surface area contributed by atoms with Crippen LogP contribution >= 0.6 is 24.0 Å². The normalized spacial score (nSPS) is 16.7. The van der Waals surface area contributed by atoms with Crippen LogP contribution < -0.4 is 5.32 Å². The molecule has 1 fully saturated rings. The number of aromatic nitrogens is 1. The molecule has 1 aliphatic heterocycles. The lowest BCUT2D eigenvalue weighted by Crippen LogP contribution is -2.41. The molecule has 0 bridgehead atoms. The smallest absolute Gasteiger partial charge is 0.193 e. The van der Waals surface area contributed by atoms with Crippen molar-refractivity contribution in [3.05, 3.63) is 65.5 Å². The highest BCUT2D eigenvalue weighted by Crippen LogP contribution is 2.17. The van der Waals surface area contributed by atoms with Gasteiger partial charge in [0.1, 0.15) is 0 Å². The van der Waals surface area contributed by atoms with Crippen LogP contribution in [-0.2, 0) is 17.8 Å². The summed E-state index contributed by atoms with van der Waals surface area (Å²) >= 11 is 0. The zero-order valence-electron chi connectivity index (χ0n) is 16.8. The molecule has 1 aliphatic rings. The Morgan fingerprint density at radius 3 is 2.86 bits per heavy atom. The summed E-state index contributed by atoms with van der Waals surface area (Å²) in [5, 5.41) is 3.50. The maximum Gasteiger partial charge on any atom is 0.193 e. The number of halogens is 1. The van der Waals surface area contributed by atoms with Gasteiger partial charge in [-0.15, -0.1) is 24.0 Å². The Morgan fingerprint density at radius 2 is 2.11 bits per heavy atom. The highest BCUT2D eigenvalue weighted by Gasteiger charge is 2.24. The fraction of sp³-hybridized carbons (Fsp3) is 0.455. The lowest BCUT2D eigenvalue weighted by Gasteiger charge is -2.22. The van der Waals surface area contributed by atoms with E-state index in [1.807, 2.05) is 25.5 Å². The molecule has 6 heteroatoms. The molecule has 1 saturated heterocycles. The van der Waals surface area contributed by atoms with E-state index >= 15 is 0 Å². The summed E-state index contributed by atoms with van der Waals surface area (Å²) in [6.45, 7) is 6.52. The van der Waals surface area contributed by atoms with Gasteiger partial charge in [-0.05, 0) is 42.5 Å². The number of guanidine groups is 1. The first kappa shape index (κ1) is 22.6. The maximum absolute atomic E-state index is 5.92. The number of aliphatic imine (C=N–C) groups is 1. The van der Waals surface area contributed by atoms with Crippen molar-refractivity contribution in [1.29, 1.82) is 0 Å². The largest absolute Gasteiger partial charge is 0.376 e. The molecule has 0 amide bonds. The second-order valence-electron chi connectivity index (χ2n) is 7.13. The van der Waals surface area contributed by atoms with Gasteiger partial charge in [0, 0.05) is 45.0 Å². The molecular formula is C22H31IN4O. The van der Waals surface area contributed by atoms with Crippen molar-refractivity contribution in [2.24, 2.45) is 10.9 Å². The number of likely N-dealkylation sites (tertiary alicyclic amines) is 1.